The van der Waals surface area contributed by atoms with Crippen LogP contribution >= 0.6 is 0 Å². The summed E-state index contributed by atoms with van der Waals surface area (Å²) in [6.07, 6.45) is 7.67. The minimum absolute atomic E-state index is 0.775. The van der Waals surface area contributed by atoms with E-state index in [0.29, 0.717) is 0 Å². The molecule has 3 rings (SSSR count). The summed E-state index contributed by atoms with van der Waals surface area (Å²) in [5.41, 5.74) is 0.775. The third kappa shape index (κ3) is 0.661. The van der Waals surface area contributed by atoms with Crippen LogP contribution in [0.5, 0.6) is 0 Å². The lowest BCUT2D eigenvalue weighted by Gasteiger charge is -2.55. The van der Waals surface area contributed by atoms with E-state index in [1.54, 1.807) is 19.3 Å². The van der Waals surface area contributed by atoms with Crippen LogP contribution < -0.4 is 0 Å². The van der Waals surface area contributed by atoms with Gasteiger partial charge in [0.2, 0.25) is 0 Å². The predicted molar refractivity (Wildman–Crippen MR) is 50.8 cm³/mol. The Kier molecular flexibility index (Phi) is 1.28. The largest absolute Gasteiger partial charge is 0.0654 e. The van der Waals surface area contributed by atoms with Crippen molar-refractivity contribution < 1.29 is 0 Å². The number of rotatable bonds is 2. The standard InChI is InChI=1S/C12H20/c1-3-4-12(2)7-9-5-8-6-10(12)11(8)9/h8-11H,3-7H2,1-2H3. The molecule has 3 fully saturated rings. The van der Waals surface area contributed by atoms with Gasteiger partial charge in [0.1, 0.15) is 0 Å². The molecule has 68 valence electrons. The molecule has 12 heavy (non-hydrogen) atoms. The Balaban J connectivity index is 1.80. The average molecular weight is 164 g/mol. The highest BCUT2D eigenvalue weighted by Gasteiger charge is 2.64. The van der Waals surface area contributed by atoms with Crippen LogP contribution in [0.15, 0.2) is 0 Å². The second-order valence-electron chi connectivity index (χ2n) is 5.78. The van der Waals surface area contributed by atoms with Crippen LogP contribution in [-0.2, 0) is 0 Å². The van der Waals surface area contributed by atoms with Crippen molar-refractivity contribution in [2.24, 2.45) is 29.1 Å². The van der Waals surface area contributed by atoms with Crippen molar-refractivity contribution in [3.8, 4) is 0 Å². The van der Waals surface area contributed by atoms with E-state index in [0.717, 1.165) is 11.3 Å². The Labute approximate surface area is 75.7 Å². The zero-order valence-electron chi connectivity index (χ0n) is 8.34. The molecule has 0 aromatic carbocycles. The summed E-state index contributed by atoms with van der Waals surface area (Å²) in [5, 5.41) is 0. The van der Waals surface area contributed by atoms with Crippen LogP contribution in [0.1, 0.15) is 46.0 Å². The molecular formula is C12H20. The van der Waals surface area contributed by atoms with Crippen molar-refractivity contribution in [1.82, 2.24) is 0 Å². The zero-order chi connectivity index (χ0) is 8.34. The molecule has 0 bridgehead atoms. The number of hydrogen-bond acceptors (Lipinski definition) is 0. The van der Waals surface area contributed by atoms with Crippen molar-refractivity contribution in [2.45, 2.75) is 46.0 Å². The molecule has 5 atom stereocenters. The summed E-state index contributed by atoms with van der Waals surface area (Å²) in [7, 11) is 0. The fourth-order valence-electron chi connectivity index (χ4n) is 4.67. The van der Waals surface area contributed by atoms with E-state index >= 15 is 0 Å². The van der Waals surface area contributed by atoms with E-state index in [4.69, 9.17) is 0 Å². The molecule has 0 radical (unpaired) electrons. The van der Waals surface area contributed by atoms with E-state index in [2.05, 4.69) is 13.8 Å². The lowest BCUT2D eigenvalue weighted by atomic mass is 9.50. The van der Waals surface area contributed by atoms with Crippen LogP contribution in [-0.4, -0.2) is 0 Å². The molecule has 0 saturated heterocycles. The maximum Gasteiger partial charge on any atom is -0.0292 e. The van der Waals surface area contributed by atoms with Gasteiger partial charge in [0.15, 0.2) is 0 Å². The number of hydrogen-bond donors (Lipinski definition) is 0. The quantitative estimate of drug-likeness (QED) is 0.586. The van der Waals surface area contributed by atoms with Crippen LogP contribution in [0, 0.1) is 29.1 Å². The Morgan fingerprint density at radius 2 is 2.08 bits per heavy atom. The predicted octanol–water partition coefficient (Wildman–Crippen LogP) is 3.47. The lowest BCUT2D eigenvalue weighted by molar-refractivity contribution is -0.0638. The SMILES string of the molecule is CCCC1(C)CC2CC3CC1C32. The van der Waals surface area contributed by atoms with Gasteiger partial charge in [-0.25, -0.2) is 0 Å². The molecule has 3 saturated carbocycles. The van der Waals surface area contributed by atoms with Gasteiger partial charge in [0.05, 0.1) is 0 Å². The van der Waals surface area contributed by atoms with Crippen molar-refractivity contribution in [2.75, 3.05) is 0 Å². The molecule has 0 aliphatic heterocycles. The van der Waals surface area contributed by atoms with Crippen molar-refractivity contribution >= 4 is 0 Å². The molecule has 0 aromatic heterocycles. The van der Waals surface area contributed by atoms with Gasteiger partial charge in [-0.1, -0.05) is 20.3 Å². The van der Waals surface area contributed by atoms with Gasteiger partial charge < -0.3 is 0 Å². The molecule has 0 amide bonds. The van der Waals surface area contributed by atoms with Gasteiger partial charge >= 0.3 is 0 Å². The summed E-state index contributed by atoms with van der Waals surface area (Å²) in [4.78, 5) is 0. The summed E-state index contributed by atoms with van der Waals surface area (Å²) < 4.78 is 0. The lowest BCUT2D eigenvalue weighted by Crippen LogP contribution is -2.48. The monoisotopic (exact) mass is 164 g/mol. The first kappa shape index (κ1) is 7.41. The summed E-state index contributed by atoms with van der Waals surface area (Å²) >= 11 is 0. The molecule has 0 aromatic rings. The Morgan fingerprint density at radius 1 is 1.25 bits per heavy atom. The Bertz CT molecular complexity index is 208. The molecule has 0 heterocycles. The fraction of sp³-hybridized carbons (Fsp3) is 1.00. The zero-order valence-corrected chi connectivity index (χ0v) is 8.34. The minimum Gasteiger partial charge on any atom is -0.0654 e. The van der Waals surface area contributed by atoms with Crippen molar-refractivity contribution in [1.29, 1.82) is 0 Å². The van der Waals surface area contributed by atoms with Crippen molar-refractivity contribution in [3.05, 3.63) is 0 Å². The molecule has 0 spiro atoms. The molecule has 3 aliphatic carbocycles. The highest BCUT2D eigenvalue weighted by atomic mass is 14.7. The van der Waals surface area contributed by atoms with Gasteiger partial charge in [-0.15, -0.1) is 0 Å². The molecule has 5 unspecified atom stereocenters. The fourth-order valence-corrected chi connectivity index (χ4v) is 4.67. The van der Waals surface area contributed by atoms with Crippen LogP contribution in [0.25, 0.3) is 0 Å². The smallest absolute Gasteiger partial charge is 0.0292 e. The molecular weight excluding hydrogens is 144 g/mol. The van der Waals surface area contributed by atoms with Crippen molar-refractivity contribution in [3.63, 3.8) is 0 Å². The third-order valence-corrected chi connectivity index (χ3v) is 5.16. The Morgan fingerprint density at radius 3 is 2.67 bits per heavy atom. The van der Waals surface area contributed by atoms with E-state index in [9.17, 15) is 0 Å². The maximum atomic E-state index is 2.57. The topological polar surface area (TPSA) is 0 Å². The van der Waals surface area contributed by atoms with Gasteiger partial charge in [-0.2, -0.15) is 0 Å². The van der Waals surface area contributed by atoms with Crippen LogP contribution in [0.4, 0.5) is 0 Å². The Hall–Kier alpha value is 0. The highest BCUT2D eigenvalue weighted by molar-refractivity contribution is 5.13. The second kappa shape index (κ2) is 2.08. The summed E-state index contributed by atoms with van der Waals surface area (Å²) in [6, 6.07) is 0. The average Bonchev–Trinajstić information content (AvgIpc) is 2.13. The van der Waals surface area contributed by atoms with Gasteiger partial charge in [0.25, 0.3) is 0 Å². The van der Waals surface area contributed by atoms with E-state index in [-0.39, 0.29) is 0 Å². The maximum absolute atomic E-state index is 2.57. The molecule has 3 aliphatic rings. The van der Waals surface area contributed by atoms with E-state index in [1.165, 1.54) is 30.6 Å². The van der Waals surface area contributed by atoms with E-state index < -0.39 is 0 Å². The first-order chi connectivity index (χ1) is 5.74. The van der Waals surface area contributed by atoms with E-state index in [1.807, 2.05) is 0 Å². The second-order valence-corrected chi connectivity index (χ2v) is 5.78. The van der Waals surface area contributed by atoms with Gasteiger partial charge in [-0.3, -0.25) is 0 Å². The summed E-state index contributed by atoms with van der Waals surface area (Å²) in [5.74, 6) is 4.73. The normalized spacial score (nSPS) is 60.5. The first-order valence-electron chi connectivity index (χ1n) is 5.74. The molecule has 0 heteroatoms. The summed E-state index contributed by atoms with van der Waals surface area (Å²) in [6.45, 7) is 4.91. The third-order valence-electron chi connectivity index (χ3n) is 5.16. The van der Waals surface area contributed by atoms with Gasteiger partial charge in [0, 0.05) is 0 Å². The molecule has 0 nitrogen and oxygen atoms in total. The first-order valence-corrected chi connectivity index (χ1v) is 5.74. The van der Waals surface area contributed by atoms with Crippen LogP contribution in [0.2, 0.25) is 0 Å². The van der Waals surface area contributed by atoms with Gasteiger partial charge in [-0.05, 0) is 54.8 Å². The molecule has 0 N–H and O–H groups in total. The highest BCUT2D eigenvalue weighted by Crippen LogP contribution is 2.72. The van der Waals surface area contributed by atoms with Crippen LogP contribution in [0.3, 0.4) is 0 Å². The minimum atomic E-state index is 0.775.